The van der Waals surface area contributed by atoms with Crippen LogP contribution < -0.4 is 4.74 Å². The number of hydrogen-bond donors (Lipinski definition) is 0. The summed E-state index contributed by atoms with van der Waals surface area (Å²) in [5.74, 6) is 0.979. The minimum Gasteiger partial charge on any atom is -0.456 e. The third-order valence-electron chi connectivity index (χ3n) is 2.17. The van der Waals surface area contributed by atoms with Gasteiger partial charge in [0.25, 0.3) is 9.05 Å². The van der Waals surface area contributed by atoms with Crippen molar-refractivity contribution in [2.24, 2.45) is 0 Å². The Labute approximate surface area is 114 Å². The van der Waals surface area contributed by atoms with Gasteiger partial charge in [-0.3, -0.25) is 0 Å². The van der Waals surface area contributed by atoms with Crippen LogP contribution in [0.3, 0.4) is 0 Å². The predicted molar refractivity (Wildman–Crippen MR) is 71.0 cm³/mol. The van der Waals surface area contributed by atoms with Gasteiger partial charge in [-0.1, -0.05) is 23.7 Å². The molecule has 18 heavy (non-hydrogen) atoms. The molecule has 0 N–H and O–H groups in total. The minimum atomic E-state index is -3.71. The van der Waals surface area contributed by atoms with Crippen molar-refractivity contribution in [3.8, 4) is 11.5 Å². The fraction of sp³-hybridized carbons (Fsp3) is 0. The van der Waals surface area contributed by atoms with E-state index in [0.29, 0.717) is 16.5 Å². The van der Waals surface area contributed by atoms with E-state index < -0.39 is 9.05 Å². The molecule has 0 unspecified atom stereocenters. The third kappa shape index (κ3) is 3.16. The number of ether oxygens (including phenoxy) is 1. The molecule has 0 bridgehead atoms. The number of halogens is 2. The Hall–Kier alpha value is -1.23. The van der Waals surface area contributed by atoms with E-state index in [1.54, 1.807) is 24.3 Å². The van der Waals surface area contributed by atoms with Crippen LogP contribution in [0.4, 0.5) is 0 Å². The van der Waals surface area contributed by atoms with E-state index in [2.05, 4.69) is 0 Å². The summed E-state index contributed by atoms with van der Waals surface area (Å²) in [7, 11) is 1.50. The topological polar surface area (TPSA) is 43.4 Å². The Bertz CT molecular complexity index is 651. The van der Waals surface area contributed by atoms with Crippen molar-refractivity contribution < 1.29 is 13.2 Å². The molecular weight excluding hydrogens is 295 g/mol. The zero-order chi connectivity index (χ0) is 13.2. The van der Waals surface area contributed by atoms with Gasteiger partial charge in [-0.05, 0) is 36.4 Å². The van der Waals surface area contributed by atoms with Gasteiger partial charge in [-0.15, -0.1) is 0 Å². The van der Waals surface area contributed by atoms with Gasteiger partial charge in [0.2, 0.25) is 0 Å². The van der Waals surface area contributed by atoms with Crippen LogP contribution in [0.15, 0.2) is 53.4 Å². The van der Waals surface area contributed by atoms with Crippen LogP contribution in [0.5, 0.6) is 11.5 Å². The van der Waals surface area contributed by atoms with Gasteiger partial charge in [0.15, 0.2) is 0 Å². The quantitative estimate of drug-likeness (QED) is 0.803. The van der Waals surface area contributed by atoms with Crippen LogP contribution in [0, 0.1) is 0 Å². The number of benzene rings is 2. The number of hydrogen-bond acceptors (Lipinski definition) is 3. The molecular formula is C12H8Cl2O3S. The van der Waals surface area contributed by atoms with Gasteiger partial charge >= 0.3 is 0 Å². The van der Waals surface area contributed by atoms with Crippen LogP contribution in [-0.2, 0) is 9.05 Å². The third-order valence-corrected chi connectivity index (χ3v) is 3.85. The second-order valence-corrected chi connectivity index (χ2v) is 6.41. The molecule has 0 aromatic heterocycles. The maximum atomic E-state index is 11.1. The smallest absolute Gasteiger partial charge is 0.261 e. The molecule has 94 valence electrons. The molecule has 0 fully saturated rings. The molecule has 0 amide bonds. The molecule has 0 spiro atoms. The van der Waals surface area contributed by atoms with Crippen LogP contribution in [0.25, 0.3) is 0 Å². The Balaban J connectivity index is 2.24. The molecule has 0 aliphatic rings. The lowest BCUT2D eigenvalue weighted by molar-refractivity contribution is 0.482. The van der Waals surface area contributed by atoms with E-state index in [0.717, 1.165) is 0 Å². The van der Waals surface area contributed by atoms with Crippen molar-refractivity contribution in [1.82, 2.24) is 0 Å². The van der Waals surface area contributed by atoms with Crippen molar-refractivity contribution in [3.63, 3.8) is 0 Å². The van der Waals surface area contributed by atoms with Gasteiger partial charge in [0.1, 0.15) is 11.5 Å². The van der Waals surface area contributed by atoms with Crippen molar-refractivity contribution in [1.29, 1.82) is 0 Å². The molecule has 0 aliphatic carbocycles. The van der Waals surface area contributed by atoms with E-state index in [9.17, 15) is 8.42 Å². The minimum absolute atomic E-state index is 0.0238. The summed E-state index contributed by atoms with van der Waals surface area (Å²) in [6.45, 7) is 0. The molecule has 0 saturated heterocycles. The molecule has 2 aromatic rings. The van der Waals surface area contributed by atoms with Crippen LogP contribution in [0.2, 0.25) is 5.02 Å². The molecule has 0 saturated carbocycles. The summed E-state index contributed by atoms with van der Waals surface area (Å²) in [4.78, 5) is 0.0238. The normalized spacial score (nSPS) is 11.2. The lowest BCUT2D eigenvalue weighted by Crippen LogP contribution is -1.90. The zero-order valence-corrected chi connectivity index (χ0v) is 11.3. The molecule has 0 aliphatic heterocycles. The zero-order valence-electron chi connectivity index (χ0n) is 9.01. The Morgan fingerprint density at radius 2 is 1.56 bits per heavy atom. The molecule has 0 atom stereocenters. The highest BCUT2D eigenvalue weighted by Crippen LogP contribution is 2.29. The maximum Gasteiger partial charge on any atom is 0.261 e. The lowest BCUT2D eigenvalue weighted by Gasteiger charge is -2.07. The highest BCUT2D eigenvalue weighted by atomic mass is 35.7. The van der Waals surface area contributed by atoms with Gasteiger partial charge in [-0.2, -0.15) is 0 Å². The highest BCUT2D eigenvalue weighted by molar-refractivity contribution is 8.13. The van der Waals surface area contributed by atoms with E-state index in [1.807, 2.05) is 0 Å². The van der Waals surface area contributed by atoms with Crippen molar-refractivity contribution in [2.75, 3.05) is 0 Å². The fourth-order valence-electron chi connectivity index (χ4n) is 1.32. The summed E-state index contributed by atoms with van der Waals surface area (Å²) in [6, 6.07) is 12.8. The SMILES string of the molecule is O=S(=O)(Cl)c1ccc(Oc2ccccc2Cl)cc1. The molecule has 2 rings (SSSR count). The van der Waals surface area contributed by atoms with Crippen LogP contribution in [0.1, 0.15) is 0 Å². The predicted octanol–water partition coefficient (Wildman–Crippen LogP) is 4.06. The van der Waals surface area contributed by atoms with Gasteiger partial charge < -0.3 is 4.74 Å². The summed E-state index contributed by atoms with van der Waals surface area (Å²) >= 11 is 5.94. The molecule has 2 aromatic carbocycles. The molecule has 0 radical (unpaired) electrons. The average Bonchev–Trinajstić information content (AvgIpc) is 2.32. The summed E-state index contributed by atoms with van der Waals surface area (Å²) in [5.41, 5.74) is 0. The first-order valence-corrected chi connectivity index (χ1v) is 7.63. The average molecular weight is 303 g/mol. The first-order chi connectivity index (χ1) is 8.47. The van der Waals surface area contributed by atoms with Crippen molar-refractivity contribution in [3.05, 3.63) is 53.6 Å². The Morgan fingerprint density at radius 3 is 2.11 bits per heavy atom. The largest absolute Gasteiger partial charge is 0.456 e. The van der Waals surface area contributed by atoms with Crippen LogP contribution >= 0.6 is 22.3 Å². The van der Waals surface area contributed by atoms with Crippen LogP contribution in [-0.4, -0.2) is 8.42 Å². The highest BCUT2D eigenvalue weighted by Gasteiger charge is 2.09. The summed E-state index contributed by atoms with van der Waals surface area (Å²) in [5, 5.41) is 0.478. The summed E-state index contributed by atoms with van der Waals surface area (Å²) in [6.07, 6.45) is 0. The van der Waals surface area contributed by atoms with E-state index in [4.69, 9.17) is 27.0 Å². The maximum absolute atomic E-state index is 11.1. The Morgan fingerprint density at radius 1 is 0.944 bits per heavy atom. The van der Waals surface area contributed by atoms with E-state index in [1.165, 1.54) is 24.3 Å². The number of para-hydroxylation sites is 1. The first-order valence-electron chi connectivity index (χ1n) is 4.94. The molecule has 0 heterocycles. The monoisotopic (exact) mass is 302 g/mol. The standard InChI is InChI=1S/C12H8Cl2O3S/c13-11-3-1-2-4-12(11)17-9-5-7-10(8-6-9)18(14,15)16/h1-8H. The van der Waals surface area contributed by atoms with Gasteiger partial charge in [-0.25, -0.2) is 8.42 Å². The van der Waals surface area contributed by atoms with Gasteiger partial charge in [0.05, 0.1) is 9.92 Å². The van der Waals surface area contributed by atoms with Crippen molar-refractivity contribution >= 4 is 31.3 Å². The molecule has 6 heteroatoms. The fourth-order valence-corrected chi connectivity index (χ4v) is 2.27. The van der Waals surface area contributed by atoms with Crippen molar-refractivity contribution in [2.45, 2.75) is 4.90 Å². The van der Waals surface area contributed by atoms with E-state index in [-0.39, 0.29) is 4.90 Å². The lowest BCUT2D eigenvalue weighted by atomic mass is 10.3. The number of rotatable bonds is 3. The second kappa shape index (κ2) is 5.18. The Kier molecular flexibility index (Phi) is 3.80. The van der Waals surface area contributed by atoms with Gasteiger partial charge in [0, 0.05) is 10.7 Å². The van der Waals surface area contributed by atoms with E-state index >= 15 is 0 Å². The summed E-state index contributed by atoms with van der Waals surface area (Å²) < 4.78 is 27.6. The molecule has 3 nitrogen and oxygen atoms in total. The second-order valence-electron chi connectivity index (χ2n) is 3.44. The first kappa shape index (κ1) is 13.2.